The predicted octanol–water partition coefficient (Wildman–Crippen LogP) is 1.42. The first-order valence-electron chi connectivity index (χ1n) is 4.68. The third kappa shape index (κ3) is 1.90. The zero-order valence-corrected chi connectivity index (χ0v) is 8.28. The van der Waals surface area contributed by atoms with Crippen LogP contribution in [0, 0.1) is 0 Å². The normalized spacial score (nSPS) is 10.2. The lowest BCUT2D eigenvalue weighted by Gasteiger charge is -1.95. The van der Waals surface area contributed by atoms with Crippen molar-refractivity contribution in [1.29, 1.82) is 0 Å². The summed E-state index contributed by atoms with van der Waals surface area (Å²) in [6.07, 6.45) is 1.57. The lowest BCUT2D eigenvalue weighted by atomic mass is 10.3. The molecule has 0 aliphatic carbocycles. The average Bonchev–Trinajstić information content (AvgIpc) is 2.89. The molecule has 5 nitrogen and oxygen atoms in total. The van der Waals surface area contributed by atoms with E-state index in [4.69, 9.17) is 4.42 Å². The van der Waals surface area contributed by atoms with Crippen LogP contribution in [-0.4, -0.2) is 22.6 Å². The van der Waals surface area contributed by atoms with E-state index in [0.29, 0.717) is 23.7 Å². The first kappa shape index (κ1) is 9.51. The summed E-state index contributed by atoms with van der Waals surface area (Å²) in [6.45, 7) is 2.44. The van der Waals surface area contributed by atoms with Crippen molar-refractivity contribution in [2.75, 3.05) is 6.54 Å². The average molecular weight is 205 g/mol. The van der Waals surface area contributed by atoms with E-state index in [-0.39, 0.29) is 5.91 Å². The summed E-state index contributed by atoms with van der Waals surface area (Å²) in [5, 5.41) is 9.30. The van der Waals surface area contributed by atoms with Crippen LogP contribution in [0.2, 0.25) is 0 Å². The van der Waals surface area contributed by atoms with Gasteiger partial charge < -0.3 is 9.73 Å². The molecule has 2 rings (SSSR count). The molecule has 0 aliphatic rings. The highest BCUT2D eigenvalue weighted by atomic mass is 16.3. The summed E-state index contributed by atoms with van der Waals surface area (Å²) < 4.78 is 5.17. The van der Waals surface area contributed by atoms with Crippen molar-refractivity contribution in [2.24, 2.45) is 0 Å². The molecule has 0 unspecified atom stereocenters. The molecule has 2 aromatic rings. The van der Waals surface area contributed by atoms with Crippen molar-refractivity contribution < 1.29 is 9.21 Å². The Bertz CT molecular complexity index is 445. The van der Waals surface area contributed by atoms with Crippen LogP contribution >= 0.6 is 0 Å². The van der Waals surface area contributed by atoms with E-state index in [0.717, 1.165) is 0 Å². The summed E-state index contributed by atoms with van der Waals surface area (Å²) in [5.41, 5.74) is 1.06. The Hall–Kier alpha value is -2.04. The van der Waals surface area contributed by atoms with Crippen LogP contribution < -0.4 is 5.32 Å². The standard InChI is InChI=1S/C10H11N3O2/c1-2-11-10(14)8-6-7(12-13-8)9-4-3-5-15-9/h3-6H,2H2,1H3,(H,11,14)(H,12,13). The predicted molar refractivity (Wildman–Crippen MR) is 54.3 cm³/mol. The van der Waals surface area contributed by atoms with Crippen LogP contribution in [-0.2, 0) is 0 Å². The van der Waals surface area contributed by atoms with Gasteiger partial charge in [-0.2, -0.15) is 5.10 Å². The number of nitrogens with zero attached hydrogens (tertiary/aromatic N) is 1. The van der Waals surface area contributed by atoms with Crippen LogP contribution in [0.15, 0.2) is 28.9 Å². The van der Waals surface area contributed by atoms with Gasteiger partial charge in [0.1, 0.15) is 5.69 Å². The molecule has 2 heterocycles. The topological polar surface area (TPSA) is 70.9 Å². The van der Waals surface area contributed by atoms with Gasteiger partial charge in [0.15, 0.2) is 11.5 Å². The van der Waals surface area contributed by atoms with Gasteiger partial charge in [0.05, 0.1) is 6.26 Å². The number of rotatable bonds is 3. The van der Waals surface area contributed by atoms with E-state index >= 15 is 0 Å². The summed E-state index contributed by atoms with van der Waals surface area (Å²) >= 11 is 0. The first-order chi connectivity index (χ1) is 7.31. The number of aromatic nitrogens is 2. The Labute approximate surface area is 86.5 Å². The zero-order chi connectivity index (χ0) is 10.7. The monoisotopic (exact) mass is 205 g/mol. The SMILES string of the molecule is CCNC(=O)c1cc(-c2ccco2)[nH]n1. The number of hydrogen-bond donors (Lipinski definition) is 2. The summed E-state index contributed by atoms with van der Waals surface area (Å²) in [5.74, 6) is 0.476. The molecule has 0 atom stereocenters. The smallest absolute Gasteiger partial charge is 0.271 e. The van der Waals surface area contributed by atoms with E-state index in [9.17, 15) is 4.79 Å². The zero-order valence-electron chi connectivity index (χ0n) is 8.28. The molecule has 0 fully saturated rings. The molecule has 0 aromatic carbocycles. The number of H-pyrrole nitrogens is 1. The molecule has 0 radical (unpaired) electrons. The number of hydrogen-bond acceptors (Lipinski definition) is 3. The largest absolute Gasteiger partial charge is 0.463 e. The number of nitrogens with one attached hydrogen (secondary N) is 2. The molecule has 78 valence electrons. The van der Waals surface area contributed by atoms with E-state index in [1.54, 1.807) is 24.5 Å². The highest BCUT2D eigenvalue weighted by Gasteiger charge is 2.11. The number of furan rings is 1. The van der Waals surface area contributed by atoms with Crippen molar-refractivity contribution in [3.63, 3.8) is 0 Å². The van der Waals surface area contributed by atoms with Gasteiger partial charge in [-0.25, -0.2) is 0 Å². The highest BCUT2D eigenvalue weighted by molar-refractivity contribution is 5.93. The molecule has 15 heavy (non-hydrogen) atoms. The third-order valence-electron chi connectivity index (χ3n) is 1.93. The molecular weight excluding hydrogens is 194 g/mol. The van der Waals surface area contributed by atoms with Gasteiger partial charge in [-0.1, -0.05) is 0 Å². The maximum Gasteiger partial charge on any atom is 0.271 e. The van der Waals surface area contributed by atoms with Gasteiger partial charge >= 0.3 is 0 Å². The second kappa shape index (κ2) is 4.00. The Morgan fingerprint density at radius 1 is 1.67 bits per heavy atom. The van der Waals surface area contributed by atoms with Crippen LogP contribution in [0.5, 0.6) is 0 Å². The first-order valence-corrected chi connectivity index (χ1v) is 4.68. The number of carbonyl (C=O) groups excluding carboxylic acids is 1. The molecular formula is C10H11N3O2. The fourth-order valence-corrected chi connectivity index (χ4v) is 1.25. The molecule has 0 spiro atoms. The van der Waals surface area contributed by atoms with Gasteiger partial charge in [-0.3, -0.25) is 9.89 Å². The van der Waals surface area contributed by atoms with Gasteiger partial charge in [-0.05, 0) is 19.1 Å². The summed E-state index contributed by atoms with van der Waals surface area (Å²) in [6, 6.07) is 5.24. The molecule has 0 saturated heterocycles. The highest BCUT2D eigenvalue weighted by Crippen LogP contribution is 2.17. The van der Waals surface area contributed by atoms with Crippen LogP contribution in [0.1, 0.15) is 17.4 Å². The molecule has 1 amide bonds. The number of carbonyl (C=O) groups is 1. The molecule has 0 aliphatic heterocycles. The minimum absolute atomic E-state index is 0.188. The lowest BCUT2D eigenvalue weighted by molar-refractivity contribution is 0.0951. The fraction of sp³-hybridized carbons (Fsp3) is 0.200. The van der Waals surface area contributed by atoms with Gasteiger partial charge in [0.2, 0.25) is 0 Å². The van der Waals surface area contributed by atoms with E-state index in [1.807, 2.05) is 6.92 Å². The Balaban J connectivity index is 2.21. The maximum absolute atomic E-state index is 11.4. The molecule has 0 saturated carbocycles. The van der Waals surface area contributed by atoms with Crippen LogP contribution in [0.4, 0.5) is 0 Å². The Morgan fingerprint density at radius 2 is 2.53 bits per heavy atom. The van der Waals surface area contributed by atoms with Gasteiger partial charge in [0, 0.05) is 12.6 Å². The third-order valence-corrected chi connectivity index (χ3v) is 1.93. The second-order valence-corrected chi connectivity index (χ2v) is 3.00. The van der Waals surface area contributed by atoms with Crippen molar-refractivity contribution in [3.8, 4) is 11.5 Å². The Kier molecular flexibility index (Phi) is 2.53. The minimum atomic E-state index is -0.188. The lowest BCUT2D eigenvalue weighted by Crippen LogP contribution is -2.22. The van der Waals surface area contributed by atoms with Gasteiger partial charge in [0.25, 0.3) is 5.91 Å². The minimum Gasteiger partial charge on any atom is -0.463 e. The van der Waals surface area contributed by atoms with Crippen molar-refractivity contribution in [2.45, 2.75) is 6.92 Å². The van der Waals surface area contributed by atoms with E-state index < -0.39 is 0 Å². The quantitative estimate of drug-likeness (QED) is 0.796. The summed E-state index contributed by atoms with van der Waals surface area (Å²) in [4.78, 5) is 11.4. The van der Waals surface area contributed by atoms with Crippen molar-refractivity contribution in [1.82, 2.24) is 15.5 Å². The fourth-order valence-electron chi connectivity index (χ4n) is 1.25. The molecule has 0 bridgehead atoms. The number of amides is 1. The maximum atomic E-state index is 11.4. The molecule has 2 N–H and O–H groups in total. The van der Waals surface area contributed by atoms with Crippen LogP contribution in [0.25, 0.3) is 11.5 Å². The van der Waals surface area contributed by atoms with Crippen molar-refractivity contribution >= 4 is 5.91 Å². The van der Waals surface area contributed by atoms with E-state index in [1.165, 1.54) is 0 Å². The summed E-state index contributed by atoms with van der Waals surface area (Å²) in [7, 11) is 0. The Morgan fingerprint density at radius 3 is 3.20 bits per heavy atom. The van der Waals surface area contributed by atoms with Crippen molar-refractivity contribution in [3.05, 3.63) is 30.2 Å². The van der Waals surface area contributed by atoms with Crippen LogP contribution in [0.3, 0.4) is 0 Å². The molecule has 5 heteroatoms. The number of aromatic amines is 1. The second-order valence-electron chi connectivity index (χ2n) is 3.00. The van der Waals surface area contributed by atoms with Gasteiger partial charge in [-0.15, -0.1) is 0 Å². The molecule has 2 aromatic heterocycles. The van der Waals surface area contributed by atoms with E-state index in [2.05, 4.69) is 15.5 Å².